The molecule has 2 N–H and O–H groups in total. The fourth-order valence-electron chi connectivity index (χ4n) is 2.47. The lowest BCUT2D eigenvalue weighted by atomic mass is 10.2. The molecular formula is C18H21BrN2O3. The van der Waals surface area contributed by atoms with Crippen LogP contribution >= 0.6 is 15.9 Å². The highest BCUT2D eigenvalue weighted by molar-refractivity contribution is 9.10. The van der Waals surface area contributed by atoms with E-state index < -0.39 is 5.97 Å². The third kappa shape index (κ3) is 5.25. The van der Waals surface area contributed by atoms with E-state index in [-0.39, 0.29) is 5.56 Å². The SMILES string of the molecule is COc1ccccc1N1CC[NH2+]CC1.O=C([O-])c1ccc(Br)cc1. The molecule has 0 atom stereocenters. The molecule has 24 heavy (non-hydrogen) atoms. The Morgan fingerprint density at radius 3 is 2.33 bits per heavy atom. The van der Waals surface area contributed by atoms with E-state index in [1.54, 1.807) is 19.2 Å². The van der Waals surface area contributed by atoms with Crippen LogP contribution in [0, 0.1) is 0 Å². The van der Waals surface area contributed by atoms with Gasteiger partial charge >= 0.3 is 0 Å². The van der Waals surface area contributed by atoms with Crippen LogP contribution in [-0.2, 0) is 0 Å². The van der Waals surface area contributed by atoms with Crippen molar-refractivity contribution in [3.05, 3.63) is 58.6 Å². The number of quaternary nitrogens is 1. The van der Waals surface area contributed by atoms with Crippen LogP contribution in [0.1, 0.15) is 10.4 Å². The van der Waals surface area contributed by atoms with Crippen LogP contribution in [0.25, 0.3) is 0 Å². The molecule has 0 radical (unpaired) electrons. The molecule has 0 spiro atoms. The molecule has 0 aliphatic carbocycles. The van der Waals surface area contributed by atoms with Gasteiger partial charge < -0.3 is 24.9 Å². The smallest absolute Gasteiger partial charge is 0.142 e. The van der Waals surface area contributed by atoms with Crippen LogP contribution in [0.2, 0.25) is 0 Å². The molecule has 1 aliphatic heterocycles. The van der Waals surface area contributed by atoms with E-state index in [9.17, 15) is 9.90 Å². The summed E-state index contributed by atoms with van der Waals surface area (Å²) in [7, 11) is 1.73. The Morgan fingerprint density at radius 1 is 1.12 bits per heavy atom. The zero-order chi connectivity index (χ0) is 17.4. The topological polar surface area (TPSA) is 69.2 Å². The number of piperazine rings is 1. The number of nitrogens with zero attached hydrogens (tertiary/aromatic N) is 1. The summed E-state index contributed by atoms with van der Waals surface area (Å²) < 4.78 is 6.21. The van der Waals surface area contributed by atoms with Gasteiger partial charge in [0.1, 0.15) is 5.75 Å². The molecular weight excluding hydrogens is 372 g/mol. The van der Waals surface area contributed by atoms with Crippen LogP contribution in [0.15, 0.2) is 53.0 Å². The number of hydrogen-bond donors (Lipinski definition) is 1. The second kappa shape index (κ2) is 9.30. The second-order valence-corrected chi connectivity index (χ2v) is 6.23. The average molecular weight is 393 g/mol. The highest BCUT2D eigenvalue weighted by atomic mass is 79.9. The number of ether oxygens (including phenoxy) is 1. The number of carboxylic acid groups (broad SMARTS) is 1. The standard InChI is InChI=1S/C11H16N2O.C7H5BrO2/c1-14-11-5-3-2-4-10(11)13-8-6-12-7-9-13;8-6-3-1-5(2-4-6)7(9)10/h2-5,12H,6-9H2,1H3;1-4H,(H,9,10). The van der Waals surface area contributed by atoms with Gasteiger partial charge in [0, 0.05) is 4.47 Å². The van der Waals surface area contributed by atoms with Crippen LogP contribution in [0.4, 0.5) is 5.69 Å². The summed E-state index contributed by atoms with van der Waals surface area (Å²) in [5, 5.41) is 12.5. The van der Waals surface area contributed by atoms with Crippen LogP contribution in [0.3, 0.4) is 0 Å². The van der Waals surface area contributed by atoms with Gasteiger partial charge in [0.2, 0.25) is 0 Å². The maximum absolute atomic E-state index is 10.2. The Labute approximate surface area is 150 Å². The van der Waals surface area contributed by atoms with Crippen LogP contribution < -0.4 is 20.1 Å². The number of aromatic carboxylic acids is 1. The molecule has 1 aliphatic rings. The predicted molar refractivity (Wildman–Crippen MR) is 95.3 cm³/mol. The van der Waals surface area contributed by atoms with E-state index in [0.29, 0.717) is 0 Å². The minimum absolute atomic E-state index is 0.197. The van der Waals surface area contributed by atoms with Gasteiger partial charge in [-0.15, -0.1) is 0 Å². The number of methoxy groups -OCH3 is 1. The highest BCUT2D eigenvalue weighted by Crippen LogP contribution is 2.27. The van der Waals surface area contributed by atoms with E-state index in [1.165, 1.54) is 30.9 Å². The van der Waals surface area contributed by atoms with Crippen molar-refractivity contribution in [2.24, 2.45) is 0 Å². The van der Waals surface area contributed by atoms with Crippen molar-refractivity contribution < 1.29 is 20.0 Å². The number of carbonyl (C=O) groups is 1. The summed E-state index contributed by atoms with van der Waals surface area (Å²) in [6, 6.07) is 14.5. The maximum Gasteiger partial charge on any atom is 0.142 e. The molecule has 0 aromatic heterocycles. The van der Waals surface area contributed by atoms with Crippen molar-refractivity contribution in [1.29, 1.82) is 0 Å². The fraction of sp³-hybridized carbons (Fsp3) is 0.278. The van der Waals surface area contributed by atoms with Crippen molar-refractivity contribution in [2.45, 2.75) is 0 Å². The minimum Gasteiger partial charge on any atom is -0.545 e. The van der Waals surface area contributed by atoms with E-state index in [4.69, 9.17) is 4.74 Å². The Kier molecular flexibility index (Phi) is 7.08. The molecule has 0 amide bonds. The van der Waals surface area contributed by atoms with Gasteiger partial charge in [-0.05, 0) is 29.8 Å². The van der Waals surface area contributed by atoms with E-state index in [2.05, 4.69) is 38.3 Å². The molecule has 1 heterocycles. The molecule has 2 aromatic rings. The van der Waals surface area contributed by atoms with Gasteiger partial charge in [0.15, 0.2) is 0 Å². The Morgan fingerprint density at radius 2 is 1.75 bits per heavy atom. The Hall–Kier alpha value is -2.05. The molecule has 0 unspecified atom stereocenters. The van der Waals surface area contributed by atoms with E-state index in [0.717, 1.165) is 23.3 Å². The zero-order valence-electron chi connectivity index (χ0n) is 13.6. The van der Waals surface area contributed by atoms with Crippen LogP contribution in [0.5, 0.6) is 5.75 Å². The monoisotopic (exact) mass is 392 g/mol. The number of halogens is 1. The first-order valence-corrected chi connectivity index (χ1v) is 8.57. The maximum atomic E-state index is 10.2. The lowest BCUT2D eigenvalue weighted by Crippen LogP contribution is -2.89. The number of benzene rings is 2. The predicted octanol–water partition coefficient (Wildman–Crippen LogP) is 0.891. The van der Waals surface area contributed by atoms with Crippen molar-refractivity contribution in [3.63, 3.8) is 0 Å². The summed E-state index contributed by atoms with van der Waals surface area (Å²) in [4.78, 5) is 12.6. The quantitative estimate of drug-likeness (QED) is 0.841. The fourth-order valence-corrected chi connectivity index (χ4v) is 2.73. The summed E-state index contributed by atoms with van der Waals surface area (Å²) in [6.07, 6.45) is 0. The summed E-state index contributed by atoms with van der Waals surface area (Å²) in [6.45, 7) is 4.58. The number of rotatable bonds is 3. The van der Waals surface area contributed by atoms with Crippen molar-refractivity contribution >= 4 is 27.6 Å². The average Bonchev–Trinajstić information content (AvgIpc) is 2.63. The Bertz CT molecular complexity index is 656. The van der Waals surface area contributed by atoms with Crippen molar-refractivity contribution in [2.75, 3.05) is 38.2 Å². The molecule has 5 nitrogen and oxygen atoms in total. The van der Waals surface area contributed by atoms with Crippen molar-refractivity contribution in [1.82, 2.24) is 0 Å². The van der Waals surface area contributed by atoms with Gasteiger partial charge in [0.05, 0.1) is 44.9 Å². The largest absolute Gasteiger partial charge is 0.545 e. The van der Waals surface area contributed by atoms with Gasteiger partial charge in [-0.2, -0.15) is 0 Å². The number of anilines is 1. The van der Waals surface area contributed by atoms with Gasteiger partial charge in [-0.1, -0.05) is 40.2 Å². The Balaban J connectivity index is 0.000000185. The molecule has 3 rings (SSSR count). The second-order valence-electron chi connectivity index (χ2n) is 5.32. The first-order valence-electron chi connectivity index (χ1n) is 7.78. The molecule has 1 fully saturated rings. The molecule has 1 saturated heterocycles. The third-order valence-corrected chi connectivity index (χ3v) is 4.24. The normalized spacial score (nSPS) is 13.7. The third-order valence-electron chi connectivity index (χ3n) is 3.71. The summed E-state index contributed by atoms with van der Waals surface area (Å²) >= 11 is 3.18. The molecule has 6 heteroatoms. The number of hydrogen-bond acceptors (Lipinski definition) is 4. The lowest BCUT2D eigenvalue weighted by Gasteiger charge is -2.28. The lowest BCUT2D eigenvalue weighted by molar-refractivity contribution is -0.655. The van der Waals surface area contributed by atoms with Gasteiger partial charge in [-0.25, -0.2) is 0 Å². The van der Waals surface area contributed by atoms with E-state index in [1.807, 2.05) is 12.1 Å². The van der Waals surface area contributed by atoms with Gasteiger partial charge in [-0.3, -0.25) is 0 Å². The number of carboxylic acids is 1. The molecule has 0 bridgehead atoms. The summed E-state index contributed by atoms with van der Waals surface area (Å²) in [5.41, 5.74) is 1.42. The molecule has 0 saturated carbocycles. The summed E-state index contributed by atoms with van der Waals surface area (Å²) in [5.74, 6) is -0.165. The van der Waals surface area contributed by atoms with Crippen LogP contribution in [-0.4, -0.2) is 39.3 Å². The highest BCUT2D eigenvalue weighted by Gasteiger charge is 2.15. The zero-order valence-corrected chi connectivity index (χ0v) is 15.2. The molecule has 128 valence electrons. The van der Waals surface area contributed by atoms with Gasteiger partial charge in [0.25, 0.3) is 0 Å². The number of carbonyl (C=O) groups excluding carboxylic acids is 1. The van der Waals surface area contributed by atoms with E-state index >= 15 is 0 Å². The first-order chi connectivity index (χ1) is 11.6. The van der Waals surface area contributed by atoms with Crippen molar-refractivity contribution in [3.8, 4) is 5.75 Å². The number of nitrogens with two attached hydrogens (primary N) is 1. The number of para-hydroxylation sites is 2. The first kappa shape index (κ1) is 18.3. The minimum atomic E-state index is -1.15. The molecule has 2 aromatic carbocycles.